The molecule has 0 saturated carbocycles. The van der Waals surface area contributed by atoms with E-state index in [-0.39, 0.29) is 10.2 Å². The summed E-state index contributed by atoms with van der Waals surface area (Å²) in [7, 11) is 0. The molecule has 0 spiro atoms. The van der Waals surface area contributed by atoms with Crippen LogP contribution in [0.4, 0.5) is 14.5 Å². The van der Waals surface area contributed by atoms with E-state index in [2.05, 4.69) is 21.2 Å². The van der Waals surface area contributed by atoms with Gasteiger partial charge in [-0.15, -0.1) is 0 Å². The maximum Gasteiger partial charge on any atom is 0.147 e. The van der Waals surface area contributed by atoms with E-state index in [4.69, 9.17) is 0 Å². The fourth-order valence-electron chi connectivity index (χ4n) is 1.56. The van der Waals surface area contributed by atoms with Crippen molar-refractivity contribution >= 4 is 21.6 Å². The molecule has 0 bridgehead atoms. The maximum atomic E-state index is 13.5. The highest BCUT2D eigenvalue weighted by Crippen LogP contribution is 2.23. The van der Waals surface area contributed by atoms with Crippen LogP contribution in [0.2, 0.25) is 0 Å². The fraction of sp³-hybridized carbons (Fsp3) is 0.143. The smallest absolute Gasteiger partial charge is 0.147 e. The molecule has 4 heteroatoms. The van der Waals surface area contributed by atoms with E-state index in [9.17, 15) is 8.78 Å². The summed E-state index contributed by atoms with van der Waals surface area (Å²) in [5.41, 5.74) is 2.35. The first-order valence-corrected chi connectivity index (χ1v) is 6.29. The third kappa shape index (κ3) is 3.07. The van der Waals surface area contributed by atoms with Gasteiger partial charge in [0, 0.05) is 12.6 Å². The van der Waals surface area contributed by atoms with Crippen LogP contribution in [0.3, 0.4) is 0 Å². The minimum absolute atomic E-state index is 0.126. The summed E-state index contributed by atoms with van der Waals surface area (Å²) in [5, 5.41) is 2.88. The Morgan fingerprint density at radius 2 is 1.72 bits per heavy atom. The second-order valence-electron chi connectivity index (χ2n) is 4.09. The average Bonchev–Trinajstić information content (AvgIpc) is 2.34. The lowest BCUT2D eigenvalue weighted by atomic mass is 10.1. The molecular weight excluding hydrogens is 300 g/mol. The van der Waals surface area contributed by atoms with Crippen LogP contribution in [0.5, 0.6) is 0 Å². The van der Waals surface area contributed by atoms with Gasteiger partial charge < -0.3 is 5.32 Å². The van der Waals surface area contributed by atoms with Crippen molar-refractivity contribution in [2.75, 3.05) is 5.32 Å². The van der Waals surface area contributed by atoms with Gasteiger partial charge in [-0.05, 0) is 34.5 Å². The second-order valence-corrected chi connectivity index (χ2v) is 4.94. The topological polar surface area (TPSA) is 12.0 Å². The number of hydrogen-bond acceptors (Lipinski definition) is 1. The predicted molar refractivity (Wildman–Crippen MR) is 72.6 cm³/mol. The van der Waals surface area contributed by atoms with Crippen LogP contribution in [0.25, 0.3) is 0 Å². The molecule has 0 atom stereocenters. The largest absolute Gasteiger partial charge is 0.379 e. The van der Waals surface area contributed by atoms with Crippen molar-refractivity contribution in [1.29, 1.82) is 0 Å². The van der Waals surface area contributed by atoms with E-state index in [1.165, 1.54) is 5.56 Å². The third-order valence-corrected chi connectivity index (χ3v) is 3.22. The number of rotatable bonds is 3. The van der Waals surface area contributed by atoms with Gasteiger partial charge in [-0.1, -0.05) is 29.8 Å². The zero-order valence-electron chi connectivity index (χ0n) is 9.81. The monoisotopic (exact) mass is 311 g/mol. The van der Waals surface area contributed by atoms with Crippen molar-refractivity contribution in [3.63, 3.8) is 0 Å². The molecule has 0 heterocycles. The van der Waals surface area contributed by atoms with E-state index < -0.39 is 11.6 Å². The van der Waals surface area contributed by atoms with Crippen LogP contribution in [-0.2, 0) is 6.54 Å². The Balaban J connectivity index is 2.10. The first-order valence-electron chi connectivity index (χ1n) is 5.50. The molecule has 94 valence electrons. The molecule has 2 rings (SSSR count). The maximum absolute atomic E-state index is 13.5. The molecule has 2 aromatic rings. The molecule has 1 nitrogen and oxygen atoms in total. The molecule has 0 saturated heterocycles. The van der Waals surface area contributed by atoms with Crippen molar-refractivity contribution < 1.29 is 8.78 Å². The summed E-state index contributed by atoms with van der Waals surface area (Å²) in [6.07, 6.45) is 0. The van der Waals surface area contributed by atoms with Crippen LogP contribution in [0.15, 0.2) is 40.9 Å². The summed E-state index contributed by atoms with van der Waals surface area (Å²) in [4.78, 5) is 0. The molecule has 0 radical (unpaired) electrons. The molecule has 2 aromatic carbocycles. The average molecular weight is 312 g/mol. The zero-order valence-corrected chi connectivity index (χ0v) is 11.4. The minimum atomic E-state index is -0.484. The molecule has 18 heavy (non-hydrogen) atoms. The Bertz CT molecular complexity index is 552. The van der Waals surface area contributed by atoms with Crippen molar-refractivity contribution in [1.82, 2.24) is 0 Å². The molecular formula is C14H12BrF2N. The first kappa shape index (κ1) is 13.0. The molecule has 0 aliphatic heterocycles. The van der Waals surface area contributed by atoms with Gasteiger partial charge in [-0.2, -0.15) is 0 Å². The van der Waals surface area contributed by atoms with Crippen LogP contribution < -0.4 is 5.32 Å². The van der Waals surface area contributed by atoms with Gasteiger partial charge in [-0.3, -0.25) is 0 Å². The summed E-state index contributed by atoms with van der Waals surface area (Å²) >= 11 is 2.94. The summed E-state index contributed by atoms with van der Waals surface area (Å²) < 4.78 is 26.9. The highest BCUT2D eigenvalue weighted by Gasteiger charge is 2.07. The van der Waals surface area contributed by atoms with Crippen molar-refractivity contribution in [3.8, 4) is 0 Å². The van der Waals surface area contributed by atoms with E-state index in [0.717, 1.165) is 17.7 Å². The molecule has 0 aliphatic rings. The zero-order chi connectivity index (χ0) is 13.1. The Morgan fingerprint density at radius 3 is 2.39 bits per heavy atom. The highest BCUT2D eigenvalue weighted by molar-refractivity contribution is 9.10. The number of halogens is 3. The van der Waals surface area contributed by atoms with Gasteiger partial charge >= 0.3 is 0 Å². The third-order valence-electron chi connectivity index (χ3n) is 2.61. The molecule has 0 amide bonds. The minimum Gasteiger partial charge on any atom is -0.379 e. The Labute approximate surface area is 113 Å². The highest BCUT2D eigenvalue weighted by atomic mass is 79.9. The normalized spacial score (nSPS) is 10.4. The van der Waals surface area contributed by atoms with Gasteiger partial charge in [0.1, 0.15) is 11.6 Å². The quantitative estimate of drug-likeness (QED) is 0.814. The van der Waals surface area contributed by atoms with Gasteiger partial charge in [0.15, 0.2) is 0 Å². The van der Waals surface area contributed by atoms with Gasteiger partial charge in [0.05, 0.1) is 10.2 Å². The molecule has 1 N–H and O–H groups in total. The Morgan fingerprint density at radius 1 is 1.06 bits per heavy atom. The van der Waals surface area contributed by atoms with E-state index in [0.29, 0.717) is 6.54 Å². The summed E-state index contributed by atoms with van der Waals surface area (Å²) in [5.74, 6) is -0.960. The second kappa shape index (κ2) is 5.48. The standard InChI is InChI=1S/C14H12BrF2N/c1-9-2-4-10(5-3-9)8-18-14-7-12(16)11(15)6-13(14)17/h2-7,18H,8H2,1H3. The lowest BCUT2D eigenvalue weighted by Crippen LogP contribution is -2.02. The number of nitrogens with one attached hydrogen (secondary N) is 1. The number of hydrogen-bond donors (Lipinski definition) is 1. The molecule has 0 fully saturated rings. The van der Waals surface area contributed by atoms with Gasteiger partial charge in [-0.25, -0.2) is 8.78 Å². The molecule has 0 unspecified atom stereocenters. The lowest BCUT2D eigenvalue weighted by molar-refractivity contribution is 0.596. The van der Waals surface area contributed by atoms with Crippen molar-refractivity contribution in [2.45, 2.75) is 13.5 Å². The van der Waals surface area contributed by atoms with E-state index in [1.807, 2.05) is 31.2 Å². The van der Waals surface area contributed by atoms with E-state index in [1.54, 1.807) is 0 Å². The van der Waals surface area contributed by atoms with Crippen LogP contribution in [0.1, 0.15) is 11.1 Å². The Hall–Kier alpha value is -1.42. The summed E-state index contributed by atoms with van der Waals surface area (Å²) in [6.45, 7) is 2.46. The SMILES string of the molecule is Cc1ccc(CNc2cc(F)c(Br)cc2F)cc1. The van der Waals surface area contributed by atoms with Gasteiger partial charge in [0.25, 0.3) is 0 Å². The number of benzene rings is 2. The summed E-state index contributed by atoms with van der Waals surface area (Å²) in [6, 6.07) is 10.1. The number of anilines is 1. The van der Waals surface area contributed by atoms with Crippen molar-refractivity contribution in [3.05, 3.63) is 63.6 Å². The fourth-order valence-corrected chi connectivity index (χ4v) is 1.88. The first-order chi connectivity index (χ1) is 8.56. The number of aryl methyl sites for hydroxylation is 1. The molecule has 0 aromatic heterocycles. The van der Waals surface area contributed by atoms with Crippen LogP contribution in [-0.4, -0.2) is 0 Å². The van der Waals surface area contributed by atoms with E-state index >= 15 is 0 Å². The van der Waals surface area contributed by atoms with Gasteiger partial charge in [0.2, 0.25) is 0 Å². The predicted octanol–water partition coefficient (Wildman–Crippen LogP) is 4.65. The van der Waals surface area contributed by atoms with Crippen molar-refractivity contribution in [2.24, 2.45) is 0 Å². The molecule has 0 aliphatic carbocycles. The lowest BCUT2D eigenvalue weighted by Gasteiger charge is -2.09. The van der Waals surface area contributed by atoms with Crippen LogP contribution >= 0.6 is 15.9 Å². The Kier molecular flexibility index (Phi) is 3.97. The van der Waals surface area contributed by atoms with Crippen LogP contribution in [0, 0.1) is 18.6 Å².